The lowest BCUT2D eigenvalue weighted by Crippen LogP contribution is -1.92. The minimum Gasteiger partial charge on any atom is -0.248 e. The van der Waals surface area contributed by atoms with Crippen LogP contribution in [0, 0.1) is 0 Å². The Morgan fingerprint density at radius 2 is 0.603 bits per heavy atom. The number of nitrogens with zero attached hydrogens (tertiary/aromatic N) is 1. The monoisotopic (exact) mass is 735 g/mol. The Morgan fingerprint density at radius 3 is 1.19 bits per heavy atom. The van der Waals surface area contributed by atoms with Crippen LogP contribution in [0.15, 0.2) is 224 Å². The van der Waals surface area contributed by atoms with Crippen molar-refractivity contribution in [2.75, 3.05) is 0 Å². The highest BCUT2D eigenvalue weighted by molar-refractivity contribution is 6.25. The lowest BCUT2D eigenvalue weighted by molar-refractivity contribution is 1.40. The molecule has 0 fully saturated rings. The van der Waals surface area contributed by atoms with Crippen LogP contribution in [0.5, 0.6) is 0 Å². The van der Waals surface area contributed by atoms with E-state index in [4.69, 9.17) is 4.98 Å². The summed E-state index contributed by atoms with van der Waals surface area (Å²) in [4.78, 5) is 5.27. The Kier molecular flexibility index (Phi) is 8.23. The zero-order valence-corrected chi connectivity index (χ0v) is 31.8. The van der Waals surface area contributed by atoms with Crippen molar-refractivity contribution in [2.24, 2.45) is 0 Å². The van der Waals surface area contributed by atoms with Gasteiger partial charge in [0.15, 0.2) is 0 Å². The van der Waals surface area contributed by atoms with Crippen molar-refractivity contribution in [1.29, 1.82) is 0 Å². The van der Waals surface area contributed by atoms with Gasteiger partial charge in [0.2, 0.25) is 0 Å². The lowest BCUT2D eigenvalue weighted by Gasteiger charge is -2.15. The number of hydrogen-bond donors (Lipinski definition) is 0. The Bertz CT molecular complexity index is 3230. The predicted molar refractivity (Wildman–Crippen MR) is 247 cm³/mol. The summed E-state index contributed by atoms with van der Waals surface area (Å²) >= 11 is 0. The first kappa shape index (κ1) is 33.7. The second-order valence-electron chi connectivity index (χ2n) is 15.1. The number of hydrogen-bond acceptors (Lipinski definition) is 1. The van der Waals surface area contributed by atoms with Gasteiger partial charge in [0, 0.05) is 10.9 Å². The number of para-hydroxylation sites is 1. The Balaban J connectivity index is 1.02. The number of rotatable bonds is 6. The maximum absolute atomic E-state index is 5.27. The minimum atomic E-state index is 0.951. The molecule has 0 spiro atoms. The topological polar surface area (TPSA) is 12.9 Å². The summed E-state index contributed by atoms with van der Waals surface area (Å²) in [5.41, 5.74) is 14.8. The fourth-order valence-corrected chi connectivity index (χ4v) is 8.76. The number of aromatic nitrogens is 1. The highest BCUT2D eigenvalue weighted by atomic mass is 14.7. The Labute approximate surface area is 338 Å². The molecule has 0 unspecified atom stereocenters. The van der Waals surface area contributed by atoms with Gasteiger partial charge in [0.1, 0.15) is 0 Å². The molecule has 0 atom stereocenters. The number of pyridine rings is 1. The molecule has 10 aromatic carbocycles. The molecule has 0 N–H and O–H groups in total. The van der Waals surface area contributed by atoms with Crippen LogP contribution < -0.4 is 0 Å². The summed E-state index contributed by atoms with van der Waals surface area (Å²) in [5, 5.41) is 8.86. The summed E-state index contributed by atoms with van der Waals surface area (Å²) in [6.07, 6.45) is 0. The zero-order valence-electron chi connectivity index (χ0n) is 31.8. The van der Waals surface area contributed by atoms with Gasteiger partial charge in [0.25, 0.3) is 0 Å². The molecule has 0 radical (unpaired) electrons. The van der Waals surface area contributed by atoms with Crippen LogP contribution in [-0.4, -0.2) is 4.98 Å². The van der Waals surface area contributed by atoms with Crippen molar-refractivity contribution in [3.05, 3.63) is 224 Å². The molecule has 0 saturated heterocycles. The van der Waals surface area contributed by atoms with E-state index in [0.29, 0.717) is 0 Å². The first-order valence-corrected chi connectivity index (χ1v) is 19.9. The fraction of sp³-hybridized carbons (Fsp3) is 0. The predicted octanol–water partition coefficient (Wildman–Crippen LogP) is 15.7. The van der Waals surface area contributed by atoms with E-state index in [2.05, 4.69) is 224 Å². The van der Waals surface area contributed by atoms with Gasteiger partial charge in [-0.15, -0.1) is 0 Å². The second kappa shape index (κ2) is 14.2. The largest absolute Gasteiger partial charge is 0.248 e. The maximum Gasteiger partial charge on any atom is 0.0716 e. The van der Waals surface area contributed by atoms with Crippen LogP contribution in [0.1, 0.15) is 0 Å². The second-order valence-corrected chi connectivity index (χ2v) is 15.1. The van der Waals surface area contributed by atoms with Crippen molar-refractivity contribution in [2.45, 2.75) is 0 Å². The molecule has 0 aliphatic carbocycles. The highest BCUT2D eigenvalue weighted by Gasteiger charge is 2.15. The molecule has 0 aliphatic heterocycles. The molecule has 11 aromatic rings. The van der Waals surface area contributed by atoms with Gasteiger partial charge < -0.3 is 0 Å². The molecular weight excluding hydrogens is 699 g/mol. The van der Waals surface area contributed by atoms with Crippen LogP contribution in [0.2, 0.25) is 0 Å². The minimum absolute atomic E-state index is 0.951. The summed E-state index contributed by atoms with van der Waals surface area (Å²) in [5.74, 6) is 0. The third-order valence-corrected chi connectivity index (χ3v) is 11.6. The zero-order chi connectivity index (χ0) is 38.4. The van der Waals surface area contributed by atoms with Crippen molar-refractivity contribution in [3.63, 3.8) is 0 Å². The van der Waals surface area contributed by atoms with Gasteiger partial charge in [-0.2, -0.15) is 0 Å². The average Bonchev–Trinajstić information content (AvgIpc) is 3.31. The third-order valence-electron chi connectivity index (χ3n) is 11.6. The van der Waals surface area contributed by atoms with E-state index in [1.165, 1.54) is 82.4 Å². The van der Waals surface area contributed by atoms with Crippen LogP contribution in [0.25, 0.3) is 110 Å². The van der Waals surface area contributed by atoms with E-state index in [9.17, 15) is 0 Å². The van der Waals surface area contributed by atoms with Crippen molar-refractivity contribution >= 4 is 43.2 Å². The SMILES string of the molecule is c1ccc(-c2cc(-c3ccccc3)cc(-c3cc(-c4cccc(-c5cccc(-c6ccc7c8ccccc8c8ccccc8c7c6)c5)c4)nc4ccccc34)c2)cc1. The summed E-state index contributed by atoms with van der Waals surface area (Å²) < 4.78 is 0. The van der Waals surface area contributed by atoms with Gasteiger partial charge in [-0.25, -0.2) is 4.98 Å². The first-order chi connectivity index (χ1) is 28.7. The standard InChI is InChI=1S/C57H37N/c1-3-15-38(16-4-1)45-33-46(39-17-5-2-6-18-39)35-47(34-45)54-37-57(58-56-28-12-11-27-53(54)56)44-22-14-21-42(32-44)40-19-13-20-41(31-40)43-29-30-52-50-25-8-7-23-48(50)49-24-9-10-26-51(49)55(52)36-43/h1-37H. The molecule has 1 nitrogen and oxygen atoms in total. The van der Waals surface area contributed by atoms with Gasteiger partial charge in [-0.1, -0.05) is 176 Å². The molecule has 0 bridgehead atoms. The van der Waals surface area contributed by atoms with E-state index in [-0.39, 0.29) is 0 Å². The summed E-state index contributed by atoms with van der Waals surface area (Å²) in [6, 6.07) is 81.4. The van der Waals surface area contributed by atoms with Crippen molar-refractivity contribution in [1.82, 2.24) is 4.98 Å². The Hall–Kier alpha value is -7.61. The van der Waals surface area contributed by atoms with Crippen LogP contribution in [0.3, 0.4) is 0 Å². The average molecular weight is 736 g/mol. The van der Waals surface area contributed by atoms with Crippen LogP contribution in [0.4, 0.5) is 0 Å². The van der Waals surface area contributed by atoms with E-state index >= 15 is 0 Å². The first-order valence-electron chi connectivity index (χ1n) is 19.9. The molecule has 58 heavy (non-hydrogen) atoms. The van der Waals surface area contributed by atoms with Crippen LogP contribution >= 0.6 is 0 Å². The number of fused-ring (bicyclic) bond motifs is 7. The highest BCUT2D eigenvalue weighted by Crippen LogP contribution is 2.40. The van der Waals surface area contributed by atoms with Crippen molar-refractivity contribution in [3.8, 4) is 66.9 Å². The molecule has 0 amide bonds. The fourth-order valence-electron chi connectivity index (χ4n) is 8.76. The molecule has 0 aliphatic rings. The van der Waals surface area contributed by atoms with E-state index in [1.54, 1.807) is 0 Å². The molecule has 11 rings (SSSR count). The molecule has 1 heterocycles. The number of benzene rings is 10. The summed E-state index contributed by atoms with van der Waals surface area (Å²) in [7, 11) is 0. The van der Waals surface area contributed by atoms with E-state index in [1.807, 2.05) is 0 Å². The molecular formula is C57H37N. The quantitative estimate of drug-likeness (QED) is 0.155. The summed E-state index contributed by atoms with van der Waals surface area (Å²) in [6.45, 7) is 0. The van der Waals surface area contributed by atoms with E-state index in [0.717, 1.165) is 27.7 Å². The van der Waals surface area contributed by atoms with Gasteiger partial charge in [0.05, 0.1) is 11.2 Å². The molecule has 1 heteroatoms. The lowest BCUT2D eigenvalue weighted by atomic mass is 9.91. The smallest absolute Gasteiger partial charge is 0.0716 e. The van der Waals surface area contributed by atoms with Gasteiger partial charge in [-0.3, -0.25) is 0 Å². The maximum atomic E-state index is 5.27. The van der Waals surface area contributed by atoms with Crippen molar-refractivity contribution < 1.29 is 0 Å². The Morgan fingerprint density at radius 1 is 0.207 bits per heavy atom. The van der Waals surface area contributed by atoms with Gasteiger partial charge in [-0.05, 0) is 136 Å². The molecule has 0 saturated carbocycles. The third kappa shape index (κ3) is 6.02. The molecule has 1 aromatic heterocycles. The van der Waals surface area contributed by atoms with E-state index < -0.39 is 0 Å². The van der Waals surface area contributed by atoms with Crippen LogP contribution in [-0.2, 0) is 0 Å². The normalized spacial score (nSPS) is 11.4. The molecule has 270 valence electrons. The van der Waals surface area contributed by atoms with Gasteiger partial charge >= 0.3 is 0 Å².